The fourth-order valence-electron chi connectivity index (χ4n) is 6.17. The van der Waals surface area contributed by atoms with Gasteiger partial charge in [0.1, 0.15) is 5.60 Å². The molecule has 0 aliphatic rings. The molecule has 0 spiro atoms. The number of unbranched alkanes of at least 4 members (excludes halogenated alkanes) is 22. The van der Waals surface area contributed by atoms with E-state index in [0.717, 1.165) is 31.6 Å². The molecule has 0 rings (SSSR count). The van der Waals surface area contributed by atoms with E-state index in [9.17, 15) is 4.79 Å². The van der Waals surface area contributed by atoms with Crippen LogP contribution in [0.15, 0.2) is 0 Å². The van der Waals surface area contributed by atoms with Crippen LogP contribution in [0.1, 0.15) is 227 Å². The van der Waals surface area contributed by atoms with E-state index in [-0.39, 0.29) is 11.6 Å². The first-order valence-electron chi connectivity index (χ1n) is 18.7. The standard InChI is InChI=1S/C38H76O2/c1-6-9-11-12-13-19-23-26-29-33-37(39)40-38(8-3,34-30-10-7-2)35-31-27-24-21-18-16-14-15-17-20-22-25-28-32-36(4)5/h36H,6-35H2,1-5H3. The van der Waals surface area contributed by atoms with Crippen molar-refractivity contribution in [1.82, 2.24) is 0 Å². The van der Waals surface area contributed by atoms with Crippen LogP contribution in [0, 0.1) is 5.92 Å². The van der Waals surface area contributed by atoms with E-state index in [4.69, 9.17) is 4.74 Å². The number of ether oxygens (including phenoxy) is 1. The lowest BCUT2D eigenvalue weighted by Gasteiger charge is -2.33. The number of carbonyl (C=O) groups excluding carboxylic acids is 1. The summed E-state index contributed by atoms with van der Waals surface area (Å²) in [6, 6.07) is 0. The Morgan fingerprint density at radius 1 is 0.500 bits per heavy atom. The summed E-state index contributed by atoms with van der Waals surface area (Å²) in [5.41, 5.74) is -0.208. The predicted molar refractivity (Wildman–Crippen MR) is 179 cm³/mol. The number of rotatable bonds is 32. The van der Waals surface area contributed by atoms with Gasteiger partial charge in [-0.25, -0.2) is 0 Å². The van der Waals surface area contributed by atoms with Crippen LogP contribution in [0.5, 0.6) is 0 Å². The van der Waals surface area contributed by atoms with E-state index in [0.29, 0.717) is 6.42 Å². The van der Waals surface area contributed by atoms with Gasteiger partial charge in [-0.1, -0.05) is 182 Å². The maximum Gasteiger partial charge on any atom is 0.306 e. The van der Waals surface area contributed by atoms with Gasteiger partial charge in [-0.3, -0.25) is 4.79 Å². The van der Waals surface area contributed by atoms with Gasteiger partial charge in [0.05, 0.1) is 0 Å². The molecule has 0 aliphatic carbocycles. The highest BCUT2D eigenvalue weighted by Gasteiger charge is 2.31. The van der Waals surface area contributed by atoms with Gasteiger partial charge in [-0.05, 0) is 44.4 Å². The average Bonchev–Trinajstić information content (AvgIpc) is 2.94. The number of hydrogen-bond acceptors (Lipinski definition) is 2. The van der Waals surface area contributed by atoms with Crippen LogP contribution in [0.2, 0.25) is 0 Å². The SMILES string of the molecule is CCCCCCCCCCCC(=O)OC(CC)(CCCCC)CCCCCCCCCCCCCCCC(C)C. The van der Waals surface area contributed by atoms with Crippen LogP contribution in [0.4, 0.5) is 0 Å². The van der Waals surface area contributed by atoms with Gasteiger partial charge >= 0.3 is 5.97 Å². The van der Waals surface area contributed by atoms with E-state index in [1.807, 2.05) is 0 Å². The lowest BCUT2D eigenvalue weighted by atomic mass is 9.87. The summed E-state index contributed by atoms with van der Waals surface area (Å²) in [5.74, 6) is 0.939. The minimum absolute atomic E-state index is 0.0665. The van der Waals surface area contributed by atoms with Gasteiger partial charge in [-0.15, -0.1) is 0 Å². The van der Waals surface area contributed by atoms with Crippen molar-refractivity contribution in [1.29, 1.82) is 0 Å². The summed E-state index contributed by atoms with van der Waals surface area (Å²) >= 11 is 0. The van der Waals surface area contributed by atoms with Crippen molar-refractivity contribution < 1.29 is 9.53 Å². The minimum Gasteiger partial charge on any atom is -0.459 e. The molecule has 0 aromatic carbocycles. The molecular weight excluding hydrogens is 488 g/mol. The maximum absolute atomic E-state index is 12.8. The zero-order chi connectivity index (χ0) is 29.6. The third-order valence-electron chi connectivity index (χ3n) is 9.11. The Balaban J connectivity index is 4.00. The number of carbonyl (C=O) groups is 1. The van der Waals surface area contributed by atoms with Gasteiger partial charge in [-0.2, -0.15) is 0 Å². The second kappa shape index (κ2) is 29.9. The van der Waals surface area contributed by atoms with Crippen LogP contribution in [0.25, 0.3) is 0 Å². The zero-order valence-electron chi connectivity index (χ0n) is 28.6. The van der Waals surface area contributed by atoms with E-state index >= 15 is 0 Å². The van der Waals surface area contributed by atoms with Gasteiger partial charge in [0, 0.05) is 6.42 Å². The summed E-state index contributed by atoms with van der Waals surface area (Å²) in [7, 11) is 0. The smallest absolute Gasteiger partial charge is 0.306 e. The first kappa shape index (κ1) is 39.5. The molecule has 0 heterocycles. The molecule has 40 heavy (non-hydrogen) atoms. The van der Waals surface area contributed by atoms with Crippen molar-refractivity contribution in [3.05, 3.63) is 0 Å². The van der Waals surface area contributed by atoms with Crippen LogP contribution >= 0.6 is 0 Å². The molecule has 1 unspecified atom stereocenters. The molecule has 2 heteroatoms. The summed E-state index contributed by atoms with van der Waals surface area (Å²) in [5, 5.41) is 0. The molecule has 0 amide bonds. The highest BCUT2D eigenvalue weighted by atomic mass is 16.6. The molecule has 1 atom stereocenters. The lowest BCUT2D eigenvalue weighted by molar-refractivity contribution is -0.162. The van der Waals surface area contributed by atoms with E-state index < -0.39 is 0 Å². The largest absolute Gasteiger partial charge is 0.459 e. The van der Waals surface area contributed by atoms with Crippen molar-refractivity contribution in [3.8, 4) is 0 Å². The molecule has 0 N–H and O–H groups in total. The number of esters is 1. The Bertz CT molecular complexity index is 514. The molecule has 0 saturated carbocycles. The molecule has 0 aromatic heterocycles. The van der Waals surface area contributed by atoms with Crippen molar-refractivity contribution in [2.24, 2.45) is 5.92 Å². The summed E-state index contributed by atoms with van der Waals surface area (Å²) in [6.07, 6.45) is 38.5. The normalized spacial score (nSPS) is 13.2. The van der Waals surface area contributed by atoms with Gasteiger partial charge in [0.25, 0.3) is 0 Å². The van der Waals surface area contributed by atoms with E-state index in [2.05, 4.69) is 34.6 Å². The first-order chi connectivity index (χ1) is 19.5. The van der Waals surface area contributed by atoms with Crippen LogP contribution in [0.3, 0.4) is 0 Å². The Morgan fingerprint density at radius 2 is 0.850 bits per heavy atom. The maximum atomic E-state index is 12.8. The third-order valence-corrected chi connectivity index (χ3v) is 9.11. The summed E-state index contributed by atoms with van der Waals surface area (Å²) < 4.78 is 6.29. The lowest BCUT2D eigenvalue weighted by Crippen LogP contribution is -2.34. The molecule has 0 fully saturated rings. The third kappa shape index (κ3) is 26.4. The fraction of sp³-hybridized carbons (Fsp3) is 0.974. The average molecular weight is 565 g/mol. The van der Waals surface area contributed by atoms with E-state index in [1.165, 1.54) is 161 Å². The quantitative estimate of drug-likeness (QED) is 0.0600. The second-order valence-corrected chi connectivity index (χ2v) is 13.6. The van der Waals surface area contributed by atoms with Crippen LogP contribution in [-0.2, 0) is 9.53 Å². The molecule has 2 nitrogen and oxygen atoms in total. The Labute approximate surface area is 254 Å². The molecule has 0 aliphatic heterocycles. The highest BCUT2D eigenvalue weighted by Crippen LogP contribution is 2.31. The molecule has 0 saturated heterocycles. The Morgan fingerprint density at radius 3 is 1.27 bits per heavy atom. The first-order valence-corrected chi connectivity index (χ1v) is 18.7. The van der Waals surface area contributed by atoms with Gasteiger partial charge in [0.2, 0.25) is 0 Å². The minimum atomic E-state index is -0.208. The topological polar surface area (TPSA) is 26.3 Å². The van der Waals surface area contributed by atoms with Crippen molar-refractivity contribution >= 4 is 5.97 Å². The van der Waals surface area contributed by atoms with Crippen LogP contribution in [-0.4, -0.2) is 11.6 Å². The highest BCUT2D eigenvalue weighted by molar-refractivity contribution is 5.69. The van der Waals surface area contributed by atoms with Crippen molar-refractivity contribution in [3.63, 3.8) is 0 Å². The molecular formula is C38H76O2. The Kier molecular flexibility index (Phi) is 29.5. The van der Waals surface area contributed by atoms with Gasteiger partial charge < -0.3 is 4.74 Å². The zero-order valence-corrected chi connectivity index (χ0v) is 28.6. The molecule has 240 valence electrons. The van der Waals surface area contributed by atoms with Crippen LogP contribution < -0.4 is 0 Å². The van der Waals surface area contributed by atoms with Crippen molar-refractivity contribution in [2.45, 2.75) is 233 Å². The molecule has 0 aromatic rings. The van der Waals surface area contributed by atoms with Crippen molar-refractivity contribution in [2.75, 3.05) is 0 Å². The fourth-order valence-corrected chi connectivity index (χ4v) is 6.17. The monoisotopic (exact) mass is 565 g/mol. The van der Waals surface area contributed by atoms with Gasteiger partial charge in [0.15, 0.2) is 0 Å². The molecule has 0 bridgehead atoms. The van der Waals surface area contributed by atoms with E-state index in [1.54, 1.807) is 0 Å². The second-order valence-electron chi connectivity index (χ2n) is 13.6. The summed E-state index contributed by atoms with van der Waals surface area (Å²) in [4.78, 5) is 12.8. The molecule has 0 radical (unpaired) electrons. The predicted octanol–water partition coefficient (Wildman–Crippen LogP) is 13.7. The Hall–Kier alpha value is -0.530. The summed E-state index contributed by atoms with van der Waals surface area (Å²) in [6.45, 7) is 11.5. The number of hydrogen-bond donors (Lipinski definition) is 0.